The third-order valence-electron chi connectivity index (χ3n) is 4.72. The molecule has 7 heteroatoms. The van der Waals surface area contributed by atoms with Crippen molar-refractivity contribution in [2.24, 2.45) is 0 Å². The highest BCUT2D eigenvalue weighted by Gasteiger charge is 2.27. The van der Waals surface area contributed by atoms with E-state index in [1.165, 1.54) is 16.4 Å². The van der Waals surface area contributed by atoms with Crippen molar-refractivity contribution in [3.8, 4) is 5.75 Å². The Morgan fingerprint density at radius 1 is 1.07 bits per heavy atom. The number of rotatable bonds is 7. The second kappa shape index (κ2) is 8.75. The molecule has 0 unspecified atom stereocenters. The van der Waals surface area contributed by atoms with Crippen LogP contribution >= 0.6 is 0 Å². The second-order valence-corrected chi connectivity index (χ2v) is 9.07. The molecule has 1 fully saturated rings. The van der Waals surface area contributed by atoms with Gasteiger partial charge in [-0.05, 0) is 63.1 Å². The Morgan fingerprint density at radius 2 is 1.68 bits per heavy atom. The normalized spacial score (nSPS) is 15.9. The van der Waals surface area contributed by atoms with Gasteiger partial charge in [-0.25, -0.2) is 8.42 Å². The van der Waals surface area contributed by atoms with Crippen LogP contribution in [-0.4, -0.2) is 44.4 Å². The van der Waals surface area contributed by atoms with Gasteiger partial charge < -0.3 is 10.1 Å². The lowest BCUT2D eigenvalue weighted by Gasteiger charge is -2.17. The third kappa shape index (κ3) is 4.91. The molecule has 2 aromatic carbocycles. The first-order valence-electron chi connectivity index (χ1n) is 9.47. The lowest BCUT2D eigenvalue weighted by Crippen LogP contribution is -2.36. The lowest BCUT2D eigenvalue weighted by atomic mass is 10.2. The van der Waals surface area contributed by atoms with Crippen molar-refractivity contribution in [2.75, 3.05) is 19.7 Å². The monoisotopic (exact) mass is 402 g/mol. The minimum atomic E-state index is -3.46. The number of carbonyl (C=O) groups is 1. The molecule has 0 aliphatic carbocycles. The first-order chi connectivity index (χ1) is 13.4. The zero-order chi connectivity index (χ0) is 20.1. The molecule has 1 saturated heterocycles. The molecule has 1 N–H and O–H groups in total. The number of sulfonamides is 1. The summed E-state index contributed by atoms with van der Waals surface area (Å²) >= 11 is 0. The number of hydrogen-bond donors (Lipinski definition) is 1. The second-order valence-electron chi connectivity index (χ2n) is 7.13. The fourth-order valence-corrected chi connectivity index (χ4v) is 4.58. The smallest absolute Gasteiger partial charge is 0.251 e. The van der Waals surface area contributed by atoms with E-state index in [2.05, 4.69) is 5.32 Å². The van der Waals surface area contributed by atoms with Crippen LogP contribution in [0.3, 0.4) is 0 Å². The summed E-state index contributed by atoms with van der Waals surface area (Å²) in [6.45, 7) is 5.33. The van der Waals surface area contributed by atoms with Crippen LogP contribution in [0.1, 0.15) is 35.7 Å². The first kappa shape index (κ1) is 20.4. The molecular weight excluding hydrogens is 376 g/mol. The molecule has 0 aromatic heterocycles. The molecule has 28 heavy (non-hydrogen) atoms. The lowest BCUT2D eigenvalue weighted by molar-refractivity contribution is 0.0926. The van der Waals surface area contributed by atoms with Crippen LogP contribution in [0.5, 0.6) is 5.75 Å². The summed E-state index contributed by atoms with van der Waals surface area (Å²) in [4.78, 5) is 12.6. The third-order valence-corrected chi connectivity index (χ3v) is 6.63. The van der Waals surface area contributed by atoms with Crippen LogP contribution in [-0.2, 0) is 10.0 Å². The van der Waals surface area contributed by atoms with Crippen LogP contribution in [0.15, 0.2) is 53.4 Å². The highest BCUT2D eigenvalue weighted by Crippen LogP contribution is 2.21. The average molecular weight is 403 g/mol. The molecule has 0 bridgehead atoms. The summed E-state index contributed by atoms with van der Waals surface area (Å²) in [6, 6.07) is 13.6. The van der Waals surface area contributed by atoms with E-state index in [1.807, 2.05) is 38.1 Å². The molecule has 0 radical (unpaired) electrons. The molecule has 2 aromatic rings. The SMILES string of the molecule is Cc1ccc(OC[C@@H](C)NC(=O)c2ccc(S(=O)(=O)N3CCCC3)cc2)cc1. The highest BCUT2D eigenvalue weighted by molar-refractivity contribution is 7.89. The minimum Gasteiger partial charge on any atom is -0.491 e. The number of ether oxygens (including phenoxy) is 1. The van der Waals surface area contributed by atoms with Gasteiger partial charge in [-0.2, -0.15) is 4.31 Å². The van der Waals surface area contributed by atoms with Gasteiger partial charge in [-0.3, -0.25) is 4.79 Å². The molecule has 1 heterocycles. The first-order valence-corrected chi connectivity index (χ1v) is 10.9. The predicted molar refractivity (Wildman–Crippen MR) is 108 cm³/mol. The summed E-state index contributed by atoms with van der Waals surface area (Å²) in [6.07, 6.45) is 1.78. The van der Waals surface area contributed by atoms with Crippen LogP contribution in [0.2, 0.25) is 0 Å². The van der Waals surface area contributed by atoms with Gasteiger partial charge >= 0.3 is 0 Å². The maximum atomic E-state index is 12.5. The largest absolute Gasteiger partial charge is 0.491 e. The van der Waals surface area contributed by atoms with Gasteiger partial charge in [0.05, 0.1) is 10.9 Å². The summed E-state index contributed by atoms with van der Waals surface area (Å²) in [5, 5.41) is 2.87. The summed E-state index contributed by atoms with van der Waals surface area (Å²) in [7, 11) is -3.46. The Bertz CT molecular complexity index is 902. The molecule has 1 aliphatic rings. The van der Waals surface area contributed by atoms with E-state index in [4.69, 9.17) is 4.74 Å². The van der Waals surface area contributed by atoms with Gasteiger partial charge in [0, 0.05) is 18.7 Å². The highest BCUT2D eigenvalue weighted by atomic mass is 32.2. The summed E-state index contributed by atoms with van der Waals surface area (Å²) < 4.78 is 32.3. The molecule has 0 spiro atoms. The molecule has 150 valence electrons. The van der Waals surface area contributed by atoms with E-state index >= 15 is 0 Å². The van der Waals surface area contributed by atoms with E-state index in [1.54, 1.807) is 12.1 Å². The van der Waals surface area contributed by atoms with Crippen molar-refractivity contribution < 1.29 is 17.9 Å². The molecule has 1 amide bonds. The fourth-order valence-electron chi connectivity index (χ4n) is 3.06. The van der Waals surface area contributed by atoms with E-state index in [9.17, 15) is 13.2 Å². The van der Waals surface area contributed by atoms with Crippen molar-refractivity contribution in [3.63, 3.8) is 0 Å². The van der Waals surface area contributed by atoms with Crippen molar-refractivity contribution in [1.82, 2.24) is 9.62 Å². The Labute approximate surface area is 166 Å². The zero-order valence-electron chi connectivity index (χ0n) is 16.2. The van der Waals surface area contributed by atoms with Crippen LogP contribution in [0.4, 0.5) is 0 Å². The number of nitrogens with zero attached hydrogens (tertiary/aromatic N) is 1. The standard InChI is InChI=1S/C21H26N2O4S/c1-16-5-9-19(10-6-16)27-15-17(2)22-21(24)18-7-11-20(12-8-18)28(25,26)23-13-3-4-14-23/h5-12,17H,3-4,13-15H2,1-2H3,(H,22,24)/t17-/m1/s1. The Morgan fingerprint density at radius 3 is 2.29 bits per heavy atom. The van der Waals surface area contributed by atoms with Crippen molar-refractivity contribution in [2.45, 2.75) is 37.6 Å². The van der Waals surface area contributed by atoms with Gasteiger partial charge in [-0.1, -0.05) is 17.7 Å². The van der Waals surface area contributed by atoms with E-state index in [0.29, 0.717) is 25.3 Å². The molecule has 3 rings (SSSR count). The summed E-state index contributed by atoms with van der Waals surface area (Å²) in [5.41, 5.74) is 1.58. The summed E-state index contributed by atoms with van der Waals surface area (Å²) in [5.74, 6) is 0.494. The number of benzene rings is 2. The van der Waals surface area contributed by atoms with Crippen LogP contribution in [0.25, 0.3) is 0 Å². The quantitative estimate of drug-likeness (QED) is 0.773. The molecule has 1 atom stereocenters. The maximum Gasteiger partial charge on any atom is 0.251 e. The van der Waals surface area contributed by atoms with E-state index in [0.717, 1.165) is 24.2 Å². The Kier molecular flexibility index (Phi) is 6.36. The van der Waals surface area contributed by atoms with Gasteiger partial charge in [0.25, 0.3) is 5.91 Å². The Hall–Kier alpha value is -2.38. The number of aryl methyl sites for hydroxylation is 1. The molecule has 6 nitrogen and oxygen atoms in total. The van der Waals surface area contributed by atoms with Crippen LogP contribution < -0.4 is 10.1 Å². The van der Waals surface area contributed by atoms with Gasteiger partial charge in [-0.15, -0.1) is 0 Å². The van der Waals surface area contributed by atoms with Gasteiger partial charge in [0.15, 0.2) is 0 Å². The van der Waals surface area contributed by atoms with E-state index in [-0.39, 0.29) is 16.8 Å². The zero-order valence-corrected chi connectivity index (χ0v) is 17.0. The van der Waals surface area contributed by atoms with Crippen molar-refractivity contribution in [3.05, 3.63) is 59.7 Å². The number of amides is 1. The Balaban J connectivity index is 1.56. The molecule has 1 aliphatic heterocycles. The van der Waals surface area contributed by atoms with Crippen LogP contribution in [0, 0.1) is 6.92 Å². The topological polar surface area (TPSA) is 75.7 Å². The molecule has 0 saturated carbocycles. The molecular formula is C21H26N2O4S. The number of carbonyl (C=O) groups excluding carboxylic acids is 1. The van der Waals surface area contributed by atoms with Gasteiger partial charge in [0.2, 0.25) is 10.0 Å². The average Bonchev–Trinajstić information content (AvgIpc) is 3.23. The fraction of sp³-hybridized carbons (Fsp3) is 0.381. The number of nitrogens with one attached hydrogen (secondary N) is 1. The maximum absolute atomic E-state index is 12.5. The predicted octanol–water partition coefficient (Wildman–Crippen LogP) is 2.98. The van der Waals surface area contributed by atoms with E-state index < -0.39 is 10.0 Å². The van der Waals surface area contributed by atoms with Crippen molar-refractivity contribution in [1.29, 1.82) is 0 Å². The van der Waals surface area contributed by atoms with Crippen molar-refractivity contribution >= 4 is 15.9 Å². The minimum absolute atomic E-state index is 0.193. The van der Waals surface area contributed by atoms with Gasteiger partial charge in [0.1, 0.15) is 12.4 Å². The number of hydrogen-bond acceptors (Lipinski definition) is 4.